The van der Waals surface area contributed by atoms with Gasteiger partial charge < -0.3 is 31.8 Å². The summed E-state index contributed by atoms with van der Waals surface area (Å²) in [5.41, 5.74) is 6.53. The Kier molecular flexibility index (Phi) is 11.0. The van der Waals surface area contributed by atoms with Crippen LogP contribution in [-0.2, 0) is 25.6 Å². The topological polar surface area (TPSA) is 179 Å². The number of aromatic nitrogens is 2. The summed E-state index contributed by atoms with van der Waals surface area (Å²) in [6.45, 7) is 10.8. The van der Waals surface area contributed by atoms with Gasteiger partial charge in [-0.1, -0.05) is 48.0 Å². The number of nitrogens with two attached hydrogens (primary N) is 1. The molecule has 1 aromatic rings. The van der Waals surface area contributed by atoms with Crippen LogP contribution in [0.25, 0.3) is 0 Å². The number of rotatable bonds is 13. The molecule has 0 radical (unpaired) electrons. The Hall–Kier alpha value is -2.95. The fourth-order valence-electron chi connectivity index (χ4n) is 3.15. The van der Waals surface area contributed by atoms with Gasteiger partial charge in [0.1, 0.15) is 18.1 Å². The molecule has 0 saturated heterocycles. The van der Waals surface area contributed by atoms with Crippen molar-refractivity contribution in [2.24, 2.45) is 23.5 Å². The van der Waals surface area contributed by atoms with E-state index < -0.39 is 47.9 Å². The highest BCUT2D eigenvalue weighted by molar-refractivity contribution is 5.94. The maximum absolute atomic E-state index is 13.0. The molecule has 1 heterocycles. The number of aliphatic carboxylic acids is 1. The fraction of sp³-hybridized carbons (Fsp3) is 0.682. The third-order valence-corrected chi connectivity index (χ3v) is 5.65. The number of nitrogens with zero attached hydrogens (tertiary/aromatic N) is 1. The van der Waals surface area contributed by atoms with Gasteiger partial charge in [-0.05, 0) is 17.8 Å². The smallest absolute Gasteiger partial charge is 0.326 e. The first-order valence-electron chi connectivity index (χ1n) is 11.3. The minimum absolute atomic E-state index is 0.0119. The molecule has 0 fully saturated rings. The molecule has 5 unspecified atom stereocenters. The largest absolute Gasteiger partial charge is 0.480 e. The lowest BCUT2D eigenvalue weighted by atomic mass is 9.96. The van der Waals surface area contributed by atoms with Gasteiger partial charge in [0.25, 0.3) is 0 Å². The number of nitrogens with one attached hydrogen (secondary N) is 4. The average Bonchev–Trinajstić information content (AvgIpc) is 3.26. The number of carbonyl (C=O) groups is 4. The number of hydrogen-bond acceptors (Lipinski definition) is 6. The maximum Gasteiger partial charge on any atom is 0.326 e. The molecule has 0 aliphatic carbocycles. The fourth-order valence-corrected chi connectivity index (χ4v) is 3.15. The number of aromatic amines is 1. The Bertz CT molecular complexity index is 795. The number of carbonyl (C=O) groups excluding carboxylic acids is 3. The Morgan fingerprint density at radius 2 is 1.48 bits per heavy atom. The van der Waals surface area contributed by atoms with Crippen molar-refractivity contribution >= 4 is 23.7 Å². The lowest BCUT2D eigenvalue weighted by Gasteiger charge is -2.29. The number of amides is 3. The third-order valence-electron chi connectivity index (χ3n) is 5.65. The zero-order valence-electron chi connectivity index (χ0n) is 20.2. The zero-order valence-corrected chi connectivity index (χ0v) is 20.2. The SMILES string of the molecule is CCC(C)C(N)C(=O)NC(C(=O)NC(C(=O)NC(Cc1cnc[nH]1)C(=O)O)C(C)C)C(C)C. The number of carboxylic acids is 1. The van der Waals surface area contributed by atoms with Crippen molar-refractivity contribution in [3.63, 3.8) is 0 Å². The molecular formula is C22H38N6O5. The molecule has 33 heavy (non-hydrogen) atoms. The van der Waals surface area contributed by atoms with Crippen LogP contribution in [0.5, 0.6) is 0 Å². The predicted octanol–water partition coefficient (Wildman–Crippen LogP) is 0.177. The van der Waals surface area contributed by atoms with Gasteiger partial charge in [0.15, 0.2) is 0 Å². The van der Waals surface area contributed by atoms with Gasteiger partial charge in [-0.15, -0.1) is 0 Å². The van der Waals surface area contributed by atoms with E-state index >= 15 is 0 Å². The highest BCUT2D eigenvalue weighted by Gasteiger charge is 2.33. The monoisotopic (exact) mass is 466 g/mol. The number of imidazole rings is 1. The van der Waals surface area contributed by atoms with E-state index in [-0.39, 0.29) is 24.2 Å². The van der Waals surface area contributed by atoms with Crippen molar-refractivity contribution in [3.05, 3.63) is 18.2 Å². The molecular weight excluding hydrogens is 428 g/mol. The van der Waals surface area contributed by atoms with Gasteiger partial charge in [0.2, 0.25) is 17.7 Å². The lowest BCUT2D eigenvalue weighted by molar-refractivity contribution is -0.142. The highest BCUT2D eigenvalue weighted by atomic mass is 16.4. The highest BCUT2D eigenvalue weighted by Crippen LogP contribution is 2.10. The van der Waals surface area contributed by atoms with E-state index in [1.54, 1.807) is 27.7 Å². The summed E-state index contributed by atoms with van der Waals surface area (Å²) >= 11 is 0. The van der Waals surface area contributed by atoms with Crippen molar-refractivity contribution in [3.8, 4) is 0 Å². The Morgan fingerprint density at radius 1 is 0.970 bits per heavy atom. The number of H-pyrrole nitrogens is 1. The summed E-state index contributed by atoms with van der Waals surface area (Å²) in [5.74, 6) is -3.47. The molecule has 0 saturated carbocycles. The molecule has 3 amide bonds. The van der Waals surface area contributed by atoms with E-state index in [1.165, 1.54) is 12.5 Å². The first-order valence-corrected chi connectivity index (χ1v) is 11.3. The standard InChI is InChI=1S/C22H38N6O5/c1-7-13(6)16(23)19(29)27-18(12(4)5)21(31)28-17(11(2)3)20(30)26-15(22(32)33)8-14-9-24-10-25-14/h9-13,15-18H,7-8,23H2,1-6H3,(H,24,25)(H,26,30)(H,27,29)(H,28,31)(H,32,33). The summed E-state index contributed by atoms with van der Waals surface area (Å²) in [4.78, 5) is 56.7. The molecule has 5 atom stereocenters. The van der Waals surface area contributed by atoms with E-state index in [2.05, 4.69) is 25.9 Å². The molecule has 0 aliphatic rings. The van der Waals surface area contributed by atoms with Crippen molar-refractivity contribution in [2.45, 2.75) is 78.6 Å². The van der Waals surface area contributed by atoms with Gasteiger partial charge in [-0.3, -0.25) is 14.4 Å². The molecule has 11 nitrogen and oxygen atoms in total. The molecule has 186 valence electrons. The van der Waals surface area contributed by atoms with Crippen LogP contribution in [-0.4, -0.2) is 62.9 Å². The molecule has 7 N–H and O–H groups in total. The normalized spacial score (nSPS) is 15.9. The Morgan fingerprint density at radius 3 is 1.91 bits per heavy atom. The predicted molar refractivity (Wildman–Crippen MR) is 123 cm³/mol. The van der Waals surface area contributed by atoms with Crippen LogP contribution < -0.4 is 21.7 Å². The van der Waals surface area contributed by atoms with Gasteiger partial charge in [0.05, 0.1) is 12.4 Å². The molecule has 1 rings (SSSR count). The number of hydrogen-bond donors (Lipinski definition) is 6. The minimum atomic E-state index is -1.21. The minimum Gasteiger partial charge on any atom is -0.480 e. The molecule has 0 bridgehead atoms. The van der Waals surface area contributed by atoms with E-state index in [0.717, 1.165) is 0 Å². The first-order chi connectivity index (χ1) is 15.4. The molecule has 0 spiro atoms. The average molecular weight is 467 g/mol. The van der Waals surface area contributed by atoms with Crippen molar-refractivity contribution in [1.29, 1.82) is 0 Å². The summed E-state index contributed by atoms with van der Waals surface area (Å²) in [5, 5.41) is 17.3. The molecule has 1 aromatic heterocycles. The summed E-state index contributed by atoms with van der Waals surface area (Å²) in [6.07, 6.45) is 3.62. The molecule has 0 aliphatic heterocycles. The van der Waals surface area contributed by atoms with Crippen LogP contribution in [0.4, 0.5) is 0 Å². The van der Waals surface area contributed by atoms with E-state index in [1.807, 2.05) is 13.8 Å². The Labute approximate surface area is 194 Å². The van der Waals surface area contributed by atoms with Crippen molar-refractivity contribution in [1.82, 2.24) is 25.9 Å². The van der Waals surface area contributed by atoms with Gasteiger partial charge in [0, 0.05) is 18.3 Å². The van der Waals surface area contributed by atoms with E-state index in [4.69, 9.17) is 5.73 Å². The van der Waals surface area contributed by atoms with E-state index in [9.17, 15) is 24.3 Å². The summed E-state index contributed by atoms with van der Waals surface area (Å²) < 4.78 is 0. The van der Waals surface area contributed by atoms with Crippen molar-refractivity contribution < 1.29 is 24.3 Å². The third kappa shape index (κ3) is 8.49. The first kappa shape index (κ1) is 28.1. The van der Waals surface area contributed by atoms with Crippen LogP contribution >= 0.6 is 0 Å². The van der Waals surface area contributed by atoms with E-state index in [0.29, 0.717) is 12.1 Å². The van der Waals surface area contributed by atoms with Gasteiger partial charge >= 0.3 is 5.97 Å². The van der Waals surface area contributed by atoms with Gasteiger partial charge in [-0.25, -0.2) is 9.78 Å². The molecule has 0 aromatic carbocycles. The zero-order chi connectivity index (χ0) is 25.3. The van der Waals surface area contributed by atoms with Crippen LogP contribution in [0.15, 0.2) is 12.5 Å². The summed E-state index contributed by atoms with van der Waals surface area (Å²) in [6, 6.07) is -3.86. The quantitative estimate of drug-likeness (QED) is 0.240. The van der Waals surface area contributed by atoms with Crippen molar-refractivity contribution in [2.75, 3.05) is 0 Å². The lowest BCUT2D eigenvalue weighted by Crippen LogP contribution is -2.60. The second-order valence-corrected chi connectivity index (χ2v) is 9.05. The van der Waals surface area contributed by atoms with Crippen LogP contribution in [0.3, 0.4) is 0 Å². The Balaban J connectivity index is 2.92. The van der Waals surface area contributed by atoms with Crippen LogP contribution in [0.1, 0.15) is 53.7 Å². The molecule has 11 heteroatoms. The maximum atomic E-state index is 13.0. The second-order valence-electron chi connectivity index (χ2n) is 9.05. The summed E-state index contributed by atoms with van der Waals surface area (Å²) in [7, 11) is 0. The second kappa shape index (κ2) is 12.9. The van der Waals surface area contributed by atoms with Gasteiger partial charge in [-0.2, -0.15) is 0 Å². The van der Waals surface area contributed by atoms with Crippen LogP contribution in [0.2, 0.25) is 0 Å². The number of carboxylic acid groups (broad SMARTS) is 1. The van der Waals surface area contributed by atoms with Crippen LogP contribution in [0, 0.1) is 17.8 Å².